The van der Waals surface area contributed by atoms with Gasteiger partial charge in [0.2, 0.25) is 0 Å². The zero-order valence-corrected chi connectivity index (χ0v) is 13.1. The highest BCUT2D eigenvalue weighted by Gasteiger charge is 2.30. The van der Waals surface area contributed by atoms with E-state index in [0.717, 1.165) is 11.3 Å². The molecular weight excluding hydrogens is 260 g/mol. The summed E-state index contributed by atoms with van der Waals surface area (Å²) < 4.78 is 5.67. The second-order valence-electron chi connectivity index (χ2n) is 6.01. The molecule has 0 heterocycles. The van der Waals surface area contributed by atoms with Gasteiger partial charge < -0.3 is 4.74 Å². The molecule has 110 valence electrons. The van der Waals surface area contributed by atoms with Crippen LogP contribution < -0.4 is 4.74 Å². The van der Waals surface area contributed by atoms with Crippen molar-refractivity contribution < 1.29 is 9.53 Å². The first kappa shape index (κ1) is 15.3. The van der Waals surface area contributed by atoms with E-state index in [1.54, 1.807) is 0 Å². The predicted octanol–water partition coefficient (Wildman–Crippen LogP) is 4.63. The van der Waals surface area contributed by atoms with E-state index in [9.17, 15) is 4.79 Å². The molecule has 2 rings (SSSR count). The van der Waals surface area contributed by atoms with Crippen LogP contribution in [0.3, 0.4) is 0 Å². The van der Waals surface area contributed by atoms with Gasteiger partial charge in [0, 0.05) is 5.56 Å². The topological polar surface area (TPSA) is 26.3 Å². The first-order valence-electron chi connectivity index (χ1n) is 7.28. The van der Waals surface area contributed by atoms with Crippen molar-refractivity contribution in [2.24, 2.45) is 0 Å². The van der Waals surface area contributed by atoms with Gasteiger partial charge in [0.05, 0.1) is 11.5 Å². The van der Waals surface area contributed by atoms with Crippen LogP contribution in [0.2, 0.25) is 0 Å². The molecule has 0 aliphatic rings. The van der Waals surface area contributed by atoms with E-state index in [0.29, 0.717) is 5.56 Å². The van der Waals surface area contributed by atoms with Gasteiger partial charge in [-0.05, 0) is 45.4 Å². The molecule has 0 saturated carbocycles. The summed E-state index contributed by atoms with van der Waals surface area (Å²) >= 11 is 0. The smallest absolute Gasteiger partial charge is 0.172 e. The molecule has 0 aromatic heterocycles. The number of Topliss-reactive ketones (excluding diaryl/α,β-unsaturated/α-hetero) is 1. The van der Waals surface area contributed by atoms with Gasteiger partial charge in [-0.2, -0.15) is 0 Å². The molecule has 0 unspecified atom stereocenters. The Balaban J connectivity index is 2.31. The molecule has 2 aromatic carbocycles. The van der Waals surface area contributed by atoms with Crippen molar-refractivity contribution in [1.82, 2.24) is 0 Å². The van der Waals surface area contributed by atoms with Crippen molar-refractivity contribution in [1.29, 1.82) is 0 Å². The highest BCUT2D eigenvalue weighted by atomic mass is 16.5. The Morgan fingerprint density at radius 1 is 1.00 bits per heavy atom. The summed E-state index contributed by atoms with van der Waals surface area (Å²) in [5.41, 5.74) is 1.14. The lowest BCUT2D eigenvalue weighted by Crippen LogP contribution is -2.29. The second-order valence-corrected chi connectivity index (χ2v) is 6.01. The van der Waals surface area contributed by atoms with Crippen LogP contribution in [0.1, 0.15) is 43.6 Å². The summed E-state index contributed by atoms with van der Waals surface area (Å²) in [5, 5.41) is 0. The van der Waals surface area contributed by atoms with Crippen molar-refractivity contribution in [3.8, 4) is 5.75 Å². The summed E-state index contributed by atoms with van der Waals surface area (Å²) in [7, 11) is 0. The lowest BCUT2D eigenvalue weighted by Gasteiger charge is -2.24. The zero-order chi connectivity index (χ0) is 15.5. The highest BCUT2D eigenvalue weighted by molar-refractivity contribution is 6.03. The number of carbonyl (C=O) groups excluding carboxylic acids is 1. The fourth-order valence-electron chi connectivity index (χ4n) is 2.33. The maximum absolute atomic E-state index is 12.8. The summed E-state index contributed by atoms with van der Waals surface area (Å²) in [6.07, 6.45) is 0.0949. The minimum absolute atomic E-state index is 0.0949. The van der Waals surface area contributed by atoms with E-state index in [-0.39, 0.29) is 11.9 Å². The molecule has 2 nitrogen and oxygen atoms in total. The van der Waals surface area contributed by atoms with Gasteiger partial charge in [0.15, 0.2) is 5.78 Å². The Kier molecular flexibility index (Phi) is 4.46. The van der Waals surface area contributed by atoms with E-state index in [2.05, 4.69) is 0 Å². The van der Waals surface area contributed by atoms with Crippen molar-refractivity contribution in [2.75, 3.05) is 0 Å². The quantitative estimate of drug-likeness (QED) is 0.747. The van der Waals surface area contributed by atoms with E-state index >= 15 is 0 Å². The number of ketones is 1. The van der Waals surface area contributed by atoms with Gasteiger partial charge in [-0.25, -0.2) is 0 Å². The first-order valence-corrected chi connectivity index (χ1v) is 7.28. The molecule has 2 aromatic rings. The zero-order valence-electron chi connectivity index (χ0n) is 13.1. The Morgan fingerprint density at radius 2 is 1.67 bits per heavy atom. The van der Waals surface area contributed by atoms with Crippen molar-refractivity contribution >= 4 is 5.78 Å². The van der Waals surface area contributed by atoms with Gasteiger partial charge in [-0.3, -0.25) is 4.79 Å². The predicted molar refractivity (Wildman–Crippen MR) is 86.0 cm³/mol. The SMILES string of the molecule is CC(C)Oc1cccc(C(=O)C(C)(C)c2ccccc2)c1. The number of benzene rings is 2. The lowest BCUT2D eigenvalue weighted by atomic mass is 9.78. The fourth-order valence-corrected chi connectivity index (χ4v) is 2.33. The van der Waals surface area contributed by atoms with Crippen LogP contribution in [0, 0.1) is 0 Å². The molecule has 0 amide bonds. The average Bonchev–Trinajstić information content (AvgIpc) is 2.47. The molecule has 0 saturated heterocycles. The van der Waals surface area contributed by atoms with Crippen LogP contribution in [0.15, 0.2) is 54.6 Å². The third-order valence-corrected chi connectivity index (χ3v) is 3.53. The maximum atomic E-state index is 12.8. The molecule has 21 heavy (non-hydrogen) atoms. The molecular formula is C19H22O2. The van der Waals surface area contributed by atoms with Crippen LogP contribution in [0.4, 0.5) is 0 Å². The summed E-state index contributed by atoms with van der Waals surface area (Å²) in [6, 6.07) is 17.3. The van der Waals surface area contributed by atoms with Gasteiger partial charge in [0.1, 0.15) is 5.75 Å². The third-order valence-electron chi connectivity index (χ3n) is 3.53. The van der Waals surface area contributed by atoms with E-state index in [1.165, 1.54) is 0 Å². The van der Waals surface area contributed by atoms with Crippen molar-refractivity contribution in [3.63, 3.8) is 0 Å². The number of ether oxygens (including phenoxy) is 1. The molecule has 0 bridgehead atoms. The minimum Gasteiger partial charge on any atom is -0.491 e. The number of carbonyl (C=O) groups is 1. The Bertz CT molecular complexity index is 612. The molecule has 0 aliphatic heterocycles. The first-order chi connectivity index (χ1) is 9.91. The Labute approximate surface area is 126 Å². The maximum Gasteiger partial charge on any atom is 0.172 e. The average molecular weight is 282 g/mol. The summed E-state index contributed by atoms with van der Waals surface area (Å²) in [5.74, 6) is 0.836. The van der Waals surface area contributed by atoms with E-state index < -0.39 is 5.41 Å². The normalized spacial score (nSPS) is 11.5. The van der Waals surface area contributed by atoms with E-state index in [1.807, 2.05) is 82.3 Å². The highest BCUT2D eigenvalue weighted by Crippen LogP contribution is 2.28. The molecule has 0 N–H and O–H groups in total. The molecule has 0 fully saturated rings. The van der Waals surface area contributed by atoms with E-state index in [4.69, 9.17) is 4.74 Å². The standard InChI is InChI=1S/C19H22O2/c1-14(2)21-17-12-8-9-15(13-17)18(20)19(3,4)16-10-6-5-7-11-16/h5-14H,1-4H3. The van der Waals surface area contributed by atoms with Crippen LogP contribution in [0.5, 0.6) is 5.75 Å². The third kappa shape index (κ3) is 3.52. The molecule has 0 spiro atoms. The number of hydrogen-bond acceptors (Lipinski definition) is 2. The van der Waals surface area contributed by atoms with Crippen LogP contribution in [-0.2, 0) is 5.41 Å². The second kappa shape index (κ2) is 6.13. The van der Waals surface area contributed by atoms with Gasteiger partial charge in [-0.15, -0.1) is 0 Å². The number of rotatable bonds is 5. The summed E-state index contributed by atoms with van der Waals surface area (Å²) in [6.45, 7) is 7.87. The van der Waals surface area contributed by atoms with Gasteiger partial charge >= 0.3 is 0 Å². The van der Waals surface area contributed by atoms with Gasteiger partial charge in [0.25, 0.3) is 0 Å². The lowest BCUT2D eigenvalue weighted by molar-refractivity contribution is 0.0908. The van der Waals surface area contributed by atoms with Crippen molar-refractivity contribution in [3.05, 3.63) is 65.7 Å². The largest absolute Gasteiger partial charge is 0.491 e. The van der Waals surface area contributed by atoms with Crippen LogP contribution >= 0.6 is 0 Å². The molecule has 0 aliphatic carbocycles. The minimum atomic E-state index is -0.558. The molecule has 2 heteroatoms. The monoisotopic (exact) mass is 282 g/mol. The van der Waals surface area contributed by atoms with Gasteiger partial charge in [-0.1, -0.05) is 42.5 Å². The summed E-state index contributed by atoms with van der Waals surface area (Å²) in [4.78, 5) is 12.8. The fraction of sp³-hybridized carbons (Fsp3) is 0.316. The molecule has 0 radical (unpaired) electrons. The van der Waals surface area contributed by atoms with Crippen LogP contribution in [0.25, 0.3) is 0 Å². The van der Waals surface area contributed by atoms with Crippen molar-refractivity contribution in [2.45, 2.75) is 39.2 Å². The Morgan fingerprint density at radius 3 is 2.29 bits per heavy atom. The Hall–Kier alpha value is -2.09. The van der Waals surface area contributed by atoms with Crippen LogP contribution in [-0.4, -0.2) is 11.9 Å². The molecule has 0 atom stereocenters. The number of hydrogen-bond donors (Lipinski definition) is 0.